The molecule has 0 spiro atoms. The van der Waals surface area contributed by atoms with Gasteiger partial charge in [-0.3, -0.25) is 0 Å². The quantitative estimate of drug-likeness (QED) is 0.300. The number of rotatable bonds is 2. The van der Waals surface area contributed by atoms with Crippen LogP contribution in [0.25, 0.3) is 54.9 Å². The Morgan fingerprint density at radius 3 is 2.10 bits per heavy atom. The van der Waals surface area contributed by atoms with E-state index in [0.717, 1.165) is 11.2 Å². The zero-order chi connectivity index (χ0) is 19.5. The van der Waals surface area contributed by atoms with Crippen molar-refractivity contribution in [1.82, 2.24) is 4.57 Å². The third kappa shape index (κ3) is 2.35. The standard InChI is InChI=1S/C27H21NO/c1-17(2)28-24-9-5-3-7-20(24)21-13-11-19(16-25(21)28)18-12-14-27-23(15-18)22-8-4-6-10-26(22)29-27/h3-17H,1-2H3. The first-order valence-electron chi connectivity index (χ1n) is 10.1. The fourth-order valence-corrected chi connectivity index (χ4v) is 4.64. The van der Waals surface area contributed by atoms with Crippen LogP contribution in [0.15, 0.2) is 89.3 Å². The molecule has 2 heterocycles. The minimum absolute atomic E-state index is 0.396. The maximum atomic E-state index is 6.00. The number of furan rings is 1. The zero-order valence-corrected chi connectivity index (χ0v) is 16.5. The Bertz CT molecular complexity index is 1530. The van der Waals surface area contributed by atoms with E-state index in [0.29, 0.717) is 6.04 Å². The lowest BCUT2D eigenvalue weighted by atomic mass is 10.0. The van der Waals surface area contributed by atoms with E-state index in [2.05, 4.69) is 91.2 Å². The van der Waals surface area contributed by atoms with Crippen molar-refractivity contribution >= 4 is 43.7 Å². The van der Waals surface area contributed by atoms with Gasteiger partial charge in [-0.15, -0.1) is 0 Å². The van der Waals surface area contributed by atoms with Gasteiger partial charge in [-0.2, -0.15) is 0 Å². The number of benzene rings is 4. The van der Waals surface area contributed by atoms with Crippen LogP contribution in [0.3, 0.4) is 0 Å². The Morgan fingerprint density at radius 2 is 1.24 bits per heavy atom. The first kappa shape index (κ1) is 16.4. The highest BCUT2D eigenvalue weighted by Gasteiger charge is 2.14. The van der Waals surface area contributed by atoms with Crippen molar-refractivity contribution in [2.24, 2.45) is 0 Å². The van der Waals surface area contributed by atoms with E-state index in [-0.39, 0.29) is 0 Å². The molecule has 0 atom stereocenters. The van der Waals surface area contributed by atoms with Gasteiger partial charge in [-0.25, -0.2) is 0 Å². The number of nitrogens with zero attached hydrogens (tertiary/aromatic N) is 1. The molecule has 2 aromatic heterocycles. The predicted octanol–water partition coefficient (Wildman–Crippen LogP) is 7.94. The Hall–Kier alpha value is -3.52. The molecule has 0 aliphatic carbocycles. The summed E-state index contributed by atoms with van der Waals surface area (Å²) in [4.78, 5) is 0. The van der Waals surface area contributed by atoms with E-state index in [1.54, 1.807) is 0 Å². The second-order valence-electron chi connectivity index (χ2n) is 8.02. The van der Waals surface area contributed by atoms with Gasteiger partial charge in [0, 0.05) is 38.6 Å². The summed E-state index contributed by atoms with van der Waals surface area (Å²) in [5, 5.41) is 4.97. The summed E-state index contributed by atoms with van der Waals surface area (Å²) in [6.45, 7) is 4.50. The fraction of sp³-hybridized carbons (Fsp3) is 0.111. The fourth-order valence-electron chi connectivity index (χ4n) is 4.64. The highest BCUT2D eigenvalue weighted by Crippen LogP contribution is 2.36. The van der Waals surface area contributed by atoms with Gasteiger partial charge >= 0.3 is 0 Å². The van der Waals surface area contributed by atoms with Crippen LogP contribution < -0.4 is 0 Å². The van der Waals surface area contributed by atoms with Crippen molar-refractivity contribution in [3.05, 3.63) is 84.9 Å². The third-order valence-corrected chi connectivity index (χ3v) is 5.94. The average molecular weight is 375 g/mol. The van der Waals surface area contributed by atoms with Crippen LogP contribution in [0, 0.1) is 0 Å². The monoisotopic (exact) mass is 375 g/mol. The first-order valence-corrected chi connectivity index (χ1v) is 10.1. The Balaban J connectivity index is 1.62. The minimum Gasteiger partial charge on any atom is -0.456 e. The van der Waals surface area contributed by atoms with Crippen molar-refractivity contribution in [2.75, 3.05) is 0 Å². The normalized spacial score (nSPS) is 12.1. The summed E-state index contributed by atoms with van der Waals surface area (Å²) >= 11 is 0. The van der Waals surface area contributed by atoms with Gasteiger partial charge in [-0.05, 0) is 55.3 Å². The summed E-state index contributed by atoms with van der Waals surface area (Å²) in [5.74, 6) is 0. The summed E-state index contributed by atoms with van der Waals surface area (Å²) in [5.41, 5.74) is 6.91. The molecule has 0 aliphatic heterocycles. The van der Waals surface area contributed by atoms with E-state index in [9.17, 15) is 0 Å². The van der Waals surface area contributed by atoms with Gasteiger partial charge in [-0.1, -0.05) is 54.6 Å². The summed E-state index contributed by atoms with van der Waals surface area (Å²) in [6, 6.07) is 30.7. The number of aromatic nitrogens is 1. The van der Waals surface area contributed by atoms with Crippen LogP contribution in [0.4, 0.5) is 0 Å². The number of hydrogen-bond donors (Lipinski definition) is 0. The minimum atomic E-state index is 0.396. The van der Waals surface area contributed by atoms with E-state index in [1.165, 1.54) is 43.7 Å². The molecule has 6 rings (SSSR count). The smallest absolute Gasteiger partial charge is 0.135 e. The maximum Gasteiger partial charge on any atom is 0.135 e. The average Bonchev–Trinajstić information content (AvgIpc) is 3.28. The van der Waals surface area contributed by atoms with Crippen LogP contribution in [-0.4, -0.2) is 4.57 Å². The number of hydrogen-bond acceptors (Lipinski definition) is 1. The molecule has 29 heavy (non-hydrogen) atoms. The predicted molar refractivity (Wildman–Crippen MR) is 123 cm³/mol. The van der Waals surface area contributed by atoms with Crippen molar-refractivity contribution in [2.45, 2.75) is 19.9 Å². The Labute approximate surface area is 169 Å². The molecule has 140 valence electrons. The van der Waals surface area contributed by atoms with E-state index in [4.69, 9.17) is 4.42 Å². The van der Waals surface area contributed by atoms with Crippen LogP contribution in [-0.2, 0) is 0 Å². The van der Waals surface area contributed by atoms with Crippen molar-refractivity contribution < 1.29 is 4.42 Å². The summed E-state index contributed by atoms with van der Waals surface area (Å²) in [7, 11) is 0. The molecule has 0 saturated heterocycles. The number of para-hydroxylation sites is 2. The van der Waals surface area contributed by atoms with Gasteiger partial charge in [0.25, 0.3) is 0 Å². The molecular weight excluding hydrogens is 354 g/mol. The van der Waals surface area contributed by atoms with Crippen molar-refractivity contribution in [3.63, 3.8) is 0 Å². The van der Waals surface area contributed by atoms with Gasteiger partial charge in [0.15, 0.2) is 0 Å². The third-order valence-electron chi connectivity index (χ3n) is 5.94. The summed E-state index contributed by atoms with van der Waals surface area (Å²) in [6.07, 6.45) is 0. The molecule has 0 unspecified atom stereocenters. The van der Waals surface area contributed by atoms with E-state index >= 15 is 0 Å². The van der Waals surface area contributed by atoms with Crippen LogP contribution in [0.5, 0.6) is 0 Å². The SMILES string of the molecule is CC(C)n1c2ccccc2c2ccc(-c3ccc4oc5ccccc5c4c3)cc21. The zero-order valence-electron chi connectivity index (χ0n) is 16.5. The maximum absolute atomic E-state index is 6.00. The topological polar surface area (TPSA) is 18.1 Å². The molecule has 0 bridgehead atoms. The molecule has 0 saturated carbocycles. The van der Waals surface area contributed by atoms with Gasteiger partial charge < -0.3 is 8.98 Å². The van der Waals surface area contributed by atoms with E-state index < -0.39 is 0 Å². The molecule has 0 fully saturated rings. The lowest BCUT2D eigenvalue weighted by molar-refractivity contribution is 0.642. The first-order chi connectivity index (χ1) is 14.2. The van der Waals surface area contributed by atoms with Crippen molar-refractivity contribution in [1.29, 1.82) is 0 Å². The molecule has 0 aliphatic rings. The van der Waals surface area contributed by atoms with Gasteiger partial charge in [0.1, 0.15) is 11.2 Å². The molecule has 0 radical (unpaired) electrons. The van der Waals surface area contributed by atoms with Crippen LogP contribution in [0.2, 0.25) is 0 Å². The number of fused-ring (bicyclic) bond motifs is 6. The summed E-state index contributed by atoms with van der Waals surface area (Å²) < 4.78 is 8.44. The molecule has 4 aromatic carbocycles. The molecular formula is C27H21NO. The molecule has 2 nitrogen and oxygen atoms in total. The molecule has 0 N–H and O–H groups in total. The highest BCUT2D eigenvalue weighted by molar-refractivity contribution is 6.10. The lowest BCUT2D eigenvalue weighted by Gasteiger charge is -2.12. The Kier molecular flexibility index (Phi) is 3.39. The van der Waals surface area contributed by atoms with Crippen LogP contribution in [0.1, 0.15) is 19.9 Å². The lowest BCUT2D eigenvalue weighted by Crippen LogP contribution is -1.99. The molecule has 2 heteroatoms. The van der Waals surface area contributed by atoms with Gasteiger partial charge in [0.2, 0.25) is 0 Å². The molecule has 0 amide bonds. The second-order valence-corrected chi connectivity index (χ2v) is 8.02. The second kappa shape index (κ2) is 5.99. The molecule has 6 aromatic rings. The van der Waals surface area contributed by atoms with E-state index in [1.807, 2.05) is 12.1 Å². The van der Waals surface area contributed by atoms with Crippen LogP contribution >= 0.6 is 0 Å². The highest BCUT2D eigenvalue weighted by atomic mass is 16.3. The van der Waals surface area contributed by atoms with Gasteiger partial charge in [0.05, 0.1) is 0 Å². The van der Waals surface area contributed by atoms with Crippen molar-refractivity contribution in [3.8, 4) is 11.1 Å². The Morgan fingerprint density at radius 1 is 0.586 bits per heavy atom. The largest absolute Gasteiger partial charge is 0.456 e.